The van der Waals surface area contributed by atoms with Crippen molar-refractivity contribution in [2.45, 2.75) is 45.3 Å². The second-order valence-corrected chi connectivity index (χ2v) is 6.61. The third kappa shape index (κ3) is 4.48. The first-order chi connectivity index (χ1) is 10.4. The summed E-state index contributed by atoms with van der Waals surface area (Å²) in [5.41, 5.74) is 1.11. The maximum Gasteiger partial charge on any atom is 0.407 e. The first-order valence-electron chi connectivity index (χ1n) is 7.68. The first-order valence-corrected chi connectivity index (χ1v) is 7.68. The van der Waals surface area contributed by atoms with Crippen LogP contribution in [0.5, 0.6) is 0 Å². The van der Waals surface area contributed by atoms with Gasteiger partial charge < -0.3 is 15.0 Å². The van der Waals surface area contributed by atoms with Gasteiger partial charge >= 0.3 is 6.09 Å². The van der Waals surface area contributed by atoms with E-state index in [1.807, 2.05) is 45.0 Å². The van der Waals surface area contributed by atoms with Crippen LogP contribution in [0.1, 0.15) is 44.0 Å². The number of ether oxygens (including phenoxy) is 1. The van der Waals surface area contributed by atoms with Crippen LogP contribution in [0, 0.1) is 0 Å². The summed E-state index contributed by atoms with van der Waals surface area (Å²) in [5, 5.41) is 2.92. The van der Waals surface area contributed by atoms with Gasteiger partial charge in [0, 0.05) is 30.4 Å². The van der Waals surface area contributed by atoms with Crippen LogP contribution in [0.3, 0.4) is 0 Å². The topological polar surface area (TPSA) is 58.6 Å². The summed E-state index contributed by atoms with van der Waals surface area (Å²) >= 11 is 0. The molecule has 0 aliphatic carbocycles. The Morgan fingerprint density at radius 1 is 1.36 bits per heavy atom. The number of nitrogens with zero attached hydrogens (tertiary/aromatic N) is 1. The Morgan fingerprint density at radius 2 is 2.09 bits per heavy atom. The fourth-order valence-corrected chi connectivity index (χ4v) is 2.66. The van der Waals surface area contributed by atoms with Crippen molar-refractivity contribution in [2.75, 3.05) is 18.0 Å². The van der Waals surface area contributed by atoms with E-state index in [-0.39, 0.29) is 12.1 Å². The van der Waals surface area contributed by atoms with Gasteiger partial charge in [-0.3, -0.25) is 4.79 Å². The molecule has 1 fully saturated rings. The molecule has 1 saturated heterocycles. The lowest BCUT2D eigenvalue weighted by molar-refractivity contribution is 0.0500. The molecule has 0 spiro atoms. The minimum absolute atomic E-state index is 0.0308. The molecule has 0 bridgehead atoms. The lowest BCUT2D eigenvalue weighted by Crippen LogP contribution is -2.49. The smallest absolute Gasteiger partial charge is 0.407 e. The van der Waals surface area contributed by atoms with Crippen LogP contribution in [0.2, 0.25) is 0 Å². The zero-order valence-corrected chi connectivity index (χ0v) is 13.5. The molecule has 1 aliphatic rings. The van der Waals surface area contributed by atoms with Crippen LogP contribution in [0.15, 0.2) is 24.3 Å². The number of amides is 1. The Morgan fingerprint density at radius 3 is 2.77 bits per heavy atom. The number of benzene rings is 1. The van der Waals surface area contributed by atoms with Gasteiger partial charge in [0.15, 0.2) is 6.29 Å². The largest absolute Gasteiger partial charge is 0.444 e. The summed E-state index contributed by atoms with van der Waals surface area (Å²) in [6.45, 7) is 7.11. The van der Waals surface area contributed by atoms with Gasteiger partial charge in [0.2, 0.25) is 0 Å². The number of hydrogen-bond donors (Lipinski definition) is 1. The van der Waals surface area contributed by atoms with Crippen LogP contribution in [0.25, 0.3) is 0 Å². The number of nitrogens with one attached hydrogen (secondary N) is 1. The Bertz CT molecular complexity index is 537. The van der Waals surface area contributed by atoms with E-state index in [4.69, 9.17) is 4.74 Å². The number of anilines is 1. The highest BCUT2D eigenvalue weighted by Crippen LogP contribution is 2.23. The van der Waals surface area contributed by atoms with Crippen LogP contribution in [-0.4, -0.2) is 37.1 Å². The van der Waals surface area contributed by atoms with Crippen molar-refractivity contribution in [3.8, 4) is 0 Å². The van der Waals surface area contributed by atoms with E-state index >= 15 is 0 Å². The summed E-state index contributed by atoms with van der Waals surface area (Å²) in [4.78, 5) is 25.2. The number of hydrogen-bond acceptors (Lipinski definition) is 4. The van der Waals surface area contributed by atoms with Crippen molar-refractivity contribution in [3.05, 3.63) is 29.8 Å². The third-order valence-electron chi connectivity index (χ3n) is 3.55. The van der Waals surface area contributed by atoms with Crippen LogP contribution in [-0.2, 0) is 4.74 Å². The van der Waals surface area contributed by atoms with Crippen LogP contribution in [0.4, 0.5) is 10.5 Å². The molecule has 0 radical (unpaired) electrons. The van der Waals surface area contributed by atoms with Gasteiger partial charge in [-0.1, -0.05) is 12.1 Å². The van der Waals surface area contributed by atoms with Crippen molar-refractivity contribution >= 4 is 18.1 Å². The average Bonchev–Trinajstić information content (AvgIpc) is 2.45. The van der Waals surface area contributed by atoms with Crippen molar-refractivity contribution < 1.29 is 14.3 Å². The predicted octanol–water partition coefficient (Wildman–Crippen LogP) is 2.99. The van der Waals surface area contributed by atoms with Crippen LogP contribution >= 0.6 is 0 Å². The molecule has 2 rings (SSSR count). The molecule has 1 atom stereocenters. The van der Waals surface area contributed by atoms with Crippen molar-refractivity contribution in [2.24, 2.45) is 0 Å². The van der Waals surface area contributed by atoms with Crippen LogP contribution < -0.4 is 10.2 Å². The van der Waals surface area contributed by atoms with Gasteiger partial charge in [-0.2, -0.15) is 0 Å². The number of aldehydes is 1. The Hall–Kier alpha value is -2.04. The Kier molecular flexibility index (Phi) is 5.06. The maximum absolute atomic E-state index is 11.9. The normalized spacial score (nSPS) is 18.7. The number of carbonyl (C=O) groups is 2. The molecule has 1 N–H and O–H groups in total. The summed E-state index contributed by atoms with van der Waals surface area (Å²) < 4.78 is 5.30. The zero-order valence-electron chi connectivity index (χ0n) is 13.5. The van der Waals surface area contributed by atoms with E-state index in [0.29, 0.717) is 12.1 Å². The summed E-state index contributed by atoms with van der Waals surface area (Å²) in [6, 6.07) is 7.57. The molecule has 5 heteroatoms. The lowest BCUT2D eigenvalue weighted by atomic mass is 10.0. The maximum atomic E-state index is 11.9. The standard InChI is InChI=1S/C17H24N2O3/c1-17(2,3)22-16(21)18-14-8-6-10-19(11-14)15-9-5-4-7-13(15)12-20/h4-5,7,9,12,14H,6,8,10-11H2,1-3H3,(H,18,21). The Balaban J connectivity index is 2.00. The lowest BCUT2D eigenvalue weighted by Gasteiger charge is -2.35. The SMILES string of the molecule is CC(C)(C)OC(=O)NC1CCCN(c2ccccc2C=O)C1. The van der Waals surface area contributed by atoms with E-state index in [1.165, 1.54) is 0 Å². The average molecular weight is 304 g/mol. The first kappa shape index (κ1) is 16.3. The third-order valence-corrected chi connectivity index (χ3v) is 3.55. The van der Waals surface area contributed by atoms with E-state index in [1.54, 1.807) is 0 Å². The molecule has 5 nitrogen and oxygen atoms in total. The highest BCUT2D eigenvalue weighted by atomic mass is 16.6. The molecule has 0 aromatic heterocycles. The van der Waals surface area contributed by atoms with Crippen molar-refractivity contribution in [1.29, 1.82) is 0 Å². The molecular weight excluding hydrogens is 280 g/mol. The summed E-state index contributed by atoms with van der Waals surface area (Å²) in [7, 11) is 0. The van der Waals surface area contributed by atoms with Gasteiger partial charge in [-0.15, -0.1) is 0 Å². The minimum Gasteiger partial charge on any atom is -0.444 e. The quantitative estimate of drug-likeness (QED) is 0.872. The van der Waals surface area contributed by atoms with Crippen molar-refractivity contribution in [1.82, 2.24) is 5.32 Å². The predicted molar refractivity (Wildman–Crippen MR) is 86.4 cm³/mol. The monoisotopic (exact) mass is 304 g/mol. The second-order valence-electron chi connectivity index (χ2n) is 6.61. The second kappa shape index (κ2) is 6.81. The van der Waals surface area contributed by atoms with Gasteiger partial charge in [0.1, 0.15) is 5.60 Å². The van der Waals surface area contributed by atoms with E-state index in [2.05, 4.69) is 10.2 Å². The summed E-state index contributed by atoms with van der Waals surface area (Å²) in [6.07, 6.45) is 2.37. The molecular formula is C17H24N2O3. The summed E-state index contributed by atoms with van der Waals surface area (Å²) in [5.74, 6) is 0. The molecule has 0 saturated carbocycles. The molecule has 1 amide bonds. The molecule has 1 aromatic carbocycles. The highest BCUT2D eigenvalue weighted by molar-refractivity contribution is 5.84. The fraction of sp³-hybridized carbons (Fsp3) is 0.529. The molecule has 120 valence electrons. The minimum atomic E-state index is -0.497. The number of rotatable bonds is 3. The molecule has 1 heterocycles. The molecule has 1 aromatic rings. The zero-order chi connectivity index (χ0) is 16.2. The van der Waals surface area contributed by atoms with Crippen molar-refractivity contribution in [3.63, 3.8) is 0 Å². The molecule has 22 heavy (non-hydrogen) atoms. The number of para-hydroxylation sites is 1. The van der Waals surface area contributed by atoms with E-state index < -0.39 is 5.60 Å². The number of piperidine rings is 1. The Labute approximate surface area is 131 Å². The highest BCUT2D eigenvalue weighted by Gasteiger charge is 2.25. The number of carbonyl (C=O) groups excluding carboxylic acids is 2. The molecule has 1 unspecified atom stereocenters. The van der Waals surface area contributed by atoms with Gasteiger partial charge in [-0.05, 0) is 45.7 Å². The van der Waals surface area contributed by atoms with Gasteiger partial charge in [-0.25, -0.2) is 4.79 Å². The van der Waals surface area contributed by atoms with E-state index in [9.17, 15) is 9.59 Å². The van der Waals surface area contributed by atoms with E-state index in [0.717, 1.165) is 31.4 Å². The van der Waals surface area contributed by atoms with Gasteiger partial charge in [0.05, 0.1) is 0 Å². The number of alkyl carbamates (subject to hydrolysis) is 1. The fourth-order valence-electron chi connectivity index (χ4n) is 2.66. The van der Waals surface area contributed by atoms with Gasteiger partial charge in [0.25, 0.3) is 0 Å². The molecule has 1 aliphatic heterocycles.